The van der Waals surface area contributed by atoms with Crippen LogP contribution in [0.3, 0.4) is 0 Å². The third-order valence-corrected chi connectivity index (χ3v) is 2.03. The number of carbonyl (C=O) groups is 1. The van der Waals surface area contributed by atoms with E-state index in [1.54, 1.807) is 13.0 Å². The Morgan fingerprint density at radius 1 is 1.38 bits per heavy atom. The summed E-state index contributed by atoms with van der Waals surface area (Å²) in [4.78, 5) is 11.1. The quantitative estimate of drug-likeness (QED) is 0.580. The zero-order valence-corrected chi connectivity index (χ0v) is 10.2. The van der Waals surface area contributed by atoms with E-state index in [4.69, 9.17) is 9.47 Å². The molecule has 0 heterocycles. The van der Waals surface area contributed by atoms with Gasteiger partial charge < -0.3 is 9.47 Å². The normalized spacial score (nSPS) is 10.3. The topological polar surface area (TPSA) is 35.5 Å². The summed E-state index contributed by atoms with van der Waals surface area (Å²) in [5, 5.41) is 0. The number of rotatable bonds is 4. The maximum atomic E-state index is 11.1. The third kappa shape index (κ3) is 3.57. The van der Waals surface area contributed by atoms with E-state index in [0.717, 1.165) is 11.3 Å². The Hall–Kier alpha value is -1.51. The second kappa shape index (κ2) is 5.54. The Morgan fingerprint density at radius 2 is 2.06 bits per heavy atom. The van der Waals surface area contributed by atoms with E-state index in [2.05, 4.69) is 0 Å². The third-order valence-electron chi connectivity index (χ3n) is 2.03. The second-order valence-corrected chi connectivity index (χ2v) is 3.92. The number of carbonyl (C=O) groups excluding carboxylic acids is 1. The monoisotopic (exact) mass is 222 g/mol. The standard InChI is InChI=1S/C13H18O3/c1-5-13(14)16-11-6-7-12(10(4)8-11)15-9(2)3/h6-9H,5H2,1-4H3. The zero-order valence-electron chi connectivity index (χ0n) is 10.2. The summed E-state index contributed by atoms with van der Waals surface area (Å²) in [7, 11) is 0. The van der Waals surface area contributed by atoms with Crippen LogP contribution in [0, 0.1) is 6.92 Å². The van der Waals surface area contributed by atoms with E-state index in [-0.39, 0.29) is 12.1 Å². The summed E-state index contributed by atoms with van der Waals surface area (Å²) >= 11 is 0. The van der Waals surface area contributed by atoms with Gasteiger partial charge in [0.05, 0.1) is 6.10 Å². The average molecular weight is 222 g/mol. The highest BCUT2D eigenvalue weighted by molar-refractivity contribution is 5.72. The molecular weight excluding hydrogens is 204 g/mol. The van der Waals surface area contributed by atoms with Gasteiger partial charge in [-0.25, -0.2) is 0 Å². The fourth-order valence-corrected chi connectivity index (χ4v) is 1.28. The fraction of sp³-hybridized carbons (Fsp3) is 0.462. The largest absolute Gasteiger partial charge is 0.491 e. The van der Waals surface area contributed by atoms with Crippen molar-refractivity contribution >= 4 is 5.97 Å². The van der Waals surface area contributed by atoms with Gasteiger partial charge in [0.2, 0.25) is 0 Å². The van der Waals surface area contributed by atoms with Crippen molar-refractivity contribution in [3.63, 3.8) is 0 Å². The molecule has 3 nitrogen and oxygen atoms in total. The zero-order chi connectivity index (χ0) is 12.1. The second-order valence-electron chi connectivity index (χ2n) is 3.92. The van der Waals surface area contributed by atoms with Crippen LogP contribution in [0.1, 0.15) is 32.8 Å². The van der Waals surface area contributed by atoms with Gasteiger partial charge in [-0.05, 0) is 44.5 Å². The van der Waals surface area contributed by atoms with Crippen LogP contribution in [0.15, 0.2) is 18.2 Å². The van der Waals surface area contributed by atoms with Crippen LogP contribution in [0.25, 0.3) is 0 Å². The molecular formula is C13H18O3. The molecule has 0 aliphatic carbocycles. The first-order valence-corrected chi connectivity index (χ1v) is 5.51. The Labute approximate surface area is 96.4 Å². The minimum atomic E-state index is -0.225. The van der Waals surface area contributed by atoms with E-state index >= 15 is 0 Å². The molecule has 0 radical (unpaired) electrons. The van der Waals surface area contributed by atoms with Crippen molar-refractivity contribution in [2.24, 2.45) is 0 Å². The summed E-state index contributed by atoms with van der Waals surface area (Å²) < 4.78 is 10.7. The number of hydrogen-bond acceptors (Lipinski definition) is 3. The van der Waals surface area contributed by atoms with Crippen LogP contribution in [0.4, 0.5) is 0 Å². The van der Waals surface area contributed by atoms with E-state index in [1.165, 1.54) is 0 Å². The van der Waals surface area contributed by atoms with Gasteiger partial charge in [0.15, 0.2) is 0 Å². The highest BCUT2D eigenvalue weighted by Gasteiger charge is 2.06. The van der Waals surface area contributed by atoms with E-state index in [9.17, 15) is 4.79 Å². The number of esters is 1. The molecule has 1 aromatic carbocycles. The molecule has 0 saturated heterocycles. The average Bonchev–Trinajstić information content (AvgIpc) is 2.21. The summed E-state index contributed by atoms with van der Waals surface area (Å²) in [6.45, 7) is 7.65. The number of benzene rings is 1. The summed E-state index contributed by atoms with van der Waals surface area (Å²) in [5.41, 5.74) is 0.968. The first-order chi connectivity index (χ1) is 7.52. The predicted octanol–water partition coefficient (Wildman–Crippen LogP) is 3.10. The molecule has 88 valence electrons. The van der Waals surface area contributed by atoms with Crippen LogP contribution in [0.5, 0.6) is 11.5 Å². The van der Waals surface area contributed by atoms with Gasteiger partial charge in [-0.15, -0.1) is 0 Å². The lowest BCUT2D eigenvalue weighted by Gasteiger charge is -2.13. The first-order valence-electron chi connectivity index (χ1n) is 5.51. The van der Waals surface area contributed by atoms with Crippen LogP contribution in [-0.2, 0) is 4.79 Å². The summed E-state index contributed by atoms with van der Waals surface area (Å²) in [6, 6.07) is 5.39. The van der Waals surface area contributed by atoms with Crippen molar-refractivity contribution in [3.05, 3.63) is 23.8 Å². The van der Waals surface area contributed by atoms with Gasteiger partial charge >= 0.3 is 5.97 Å². The lowest BCUT2D eigenvalue weighted by Crippen LogP contribution is -2.08. The van der Waals surface area contributed by atoms with Crippen LogP contribution in [0.2, 0.25) is 0 Å². The van der Waals surface area contributed by atoms with Crippen molar-refractivity contribution in [2.45, 2.75) is 40.2 Å². The van der Waals surface area contributed by atoms with Gasteiger partial charge in [0.1, 0.15) is 11.5 Å². The molecule has 0 spiro atoms. The Balaban J connectivity index is 2.78. The number of aryl methyl sites for hydroxylation is 1. The maximum absolute atomic E-state index is 11.1. The number of hydrogen-bond donors (Lipinski definition) is 0. The molecule has 0 aliphatic rings. The molecule has 1 aromatic rings. The molecule has 0 aromatic heterocycles. The molecule has 0 saturated carbocycles. The van der Waals surface area contributed by atoms with Crippen molar-refractivity contribution < 1.29 is 14.3 Å². The van der Waals surface area contributed by atoms with Gasteiger partial charge in [-0.3, -0.25) is 4.79 Å². The highest BCUT2D eigenvalue weighted by atomic mass is 16.5. The molecule has 0 amide bonds. The van der Waals surface area contributed by atoms with E-state index < -0.39 is 0 Å². The first kappa shape index (κ1) is 12.6. The lowest BCUT2D eigenvalue weighted by molar-refractivity contribution is -0.134. The lowest BCUT2D eigenvalue weighted by atomic mass is 10.2. The summed E-state index contributed by atoms with van der Waals surface area (Å²) in [5.74, 6) is 1.17. The predicted molar refractivity (Wildman–Crippen MR) is 62.9 cm³/mol. The van der Waals surface area contributed by atoms with Crippen molar-refractivity contribution in [2.75, 3.05) is 0 Å². The molecule has 0 unspecified atom stereocenters. The summed E-state index contributed by atoms with van der Waals surface area (Å²) in [6.07, 6.45) is 0.520. The molecule has 1 rings (SSSR count). The molecule has 0 aliphatic heterocycles. The minimum absolute atomic E-state index is 0.141. The van der Waals surface area contributed by atoms with Crippen molar-refractivity contribution in [3.8, 4) is 11.5 Å². The highest BCUT2D eigenvalue weighted by Crippen LogP contribution is 2.24. The van der Waals surface area contributed by atoms with Crippen LogP contribution < -0.4 is 9.47 Å². The minimum Gasteiger partial charge on any atom is -0.491 e. The van der Waals surface area contributed by atoms with Crippen molar-refractivity contribution in [1.29, 1.82) is 0 Å². The van der Waals surface area contributed by atoms with Gasteiger partial charge in [0, 0.05) is 6.42 Å². The Bertz CT molecular complexity index is 369. The molecule has 0 fully saturated rings. The van der Waals surface area contributed by atoms with E-state index in [0.29, 0.717) is 12.2 Å². The van der Waals surface area contributed by atoms with Crippen molar-refractivity contribution in [1.82, 2.24) is 0 Å². The fourth-order valence-electron chi connectivity index (χ4n) is 1.28. The van der Waals surface area contributed by atoms with Crippen LogP contribution in [-0.4, -0.2) is 12.1 Å². The Kier molecular flexibility index (Phi) is 4.35. The van der Waals surface area contributed by atoms with Gasteiger partial charge in [0.25, 0.3) is 0 Å². The number of ether oxygens (including phenoxy) is 2. The molecule has 0 bridgehead atoms. The van der Waals surface area contributed by atoms with E-state index in [1.807, 2.05) is 32.9 Å². The maximum Gasteiger partial charge on any atom is 0.310 e. The molecule has 0 N–H and O–H groups in total. The molecule has 16 heavy (non-hydrogen) atoms. The SMILES string of the molecule is CCC(=O)Oc1ccc(OC(C)C)c(C)c1. The van der Waals surface area contributed by atoms with Gasteiger partial charge in [-0.1, -0.05) is 6.92 Å². The molecule has 0 atom stereocenters. The Morgan fingerprint density at radius 3 is 2.56 bits per heavy atom. The van der Waals surface area contributed by atoms with Gasteiger partial charge in [-0.2, -0.15) is 0 Å². The molecule has 3 heteroatoms. The van der Waals surface area contributed by atoms with Crippen LogP contribution >= 0.6 is 0 Å². The smallest absolute Gasteiger partial charge is 0.310 e.